The summed E-state index contributed by atoms with van der Waals surface area (Å²) in [4.78, 5) is 18.0. The molecular weight excluding hydrogens is 311 g/mol. The maximum absolute atomic E-state index is 13.4. The van der Waals surface area contributed by atoms with Crippen molar-refractivity contribution in [3.8, 4) is 0 Å². The first-order valence-electron chi connectivity index (χ1n) is 6.13. The van der Waals surface area contributed by atoms with Crippen molar-refractivity contribution in [1.29, 1.82) is 0 Å². The highest BCUT2D eigenvalue weighted by atomic mass is 35.5. The second kappa shape index (κ2) is 6.43. The summed E-state index contributed by atoms with van der Waals surface area (Å²) < 4.78 is 13.4. The molecule has 1 aromatic carbocycles. The molecule has 1 atom stereocenters. The van der Waals surface area contributed by atoms with Crippen LogP contribution in [0.2, 0.25) is 5.02 Å². The van der Waals surface area contributed by atoms with Crippen molar-refractivity contribution in [2.45, 2.75) is 12.0 Å². The smallest absolute Gasteiger partial charge is 0.320 e. The number of azide groups is 1. The molecule has 1 heterocycles. The van der Waals surface area contributed by atoms with Crippen molar-refractivity contribution in [3.63, 3.8) is 0 Å². The lowest BCUT2D eigenvalue weighted by atomic mass is 9.85. The van der Waals surface area contributed by atoms with E-state index in [1.807, 2.05) is 0 Å². The van der Waals surface area contributed by atoms with Gasteiger partial charge in [-0.3, -0.25) is 9.78 Å². The zero-order valence-corrected chi connectivity index (χ0v) is 11.9. The highest BCUT2D eigenvalue weighted by Crippen LogP contribution is 2.31. The number of halogens is 2. The average Bonchev–Trinajstić information content (AvgIpc) is 2.48. The van der Waals surface area contributed by atoms with Crippen LogP contribution in [0, 0.1) is 5.82 Å². The molecule has 0 spiro atoms. The standard InChI is InChI=1S/C14H10ClFN4O2/c15-11-3-1-9(2-4-11)6-14(13(21)22,19-20-17)10-5-12(16)8-18-7-10/h1-5,7-8H,6H2,(H,21,22)/t14-/m0/s1. The van der Waals surface area contributed by atoms with Crippen molar-refractivity contribution in [1.82, 2.24) is 4.98 Å². The van der Waals surface area contributed by atoms with Crippen molar-refractivity contribution in [2.75, 3.05) is 0 Å². The lowest BCUT2D eigenvalue weighted by Gasteiger charge is -2.24. The molecule has 2 rings (SSSR count). The monoisotopic (exact) mass is 320 g/mol. The molecule has 0 saturated heterocycles. The Bertz CT molecular complexity index is 743. The minimum atomic E-state index is -1.99. The third-order valence-electron chi connectivity index (χ3n) is 3.12. The Morgan fingerprint density at radius 2 is 2.09 bits per heavy atom. The van der Waals surface area contributed by atoms with Gasteiger partial charge in [0.05, 0.1) is 6.20 Å². The van der Waals surface area contributed by atoms with Gasteiger partial charge in [-0.05, 0) is 41.3 Å². The number of hydrogen-bond donors (Lipinski definition) is 1. The summed E-state index contributed by atoms with van der Waals surface area (Å²) in [6, 6.07) is 7.39. The summed E-state index contributed by atoms with van der Waals surface area (Å²) in [6.45, 7) is 0. The Labute approximate surface area is 129 Å². The topological polar surface area (TPSA) is 99.0 Å². The van der Waals surface area contributed by atoms with Crippen molar-refractivity contribution < 1.29 is 14.3 Å². The fourth-order valence-corrected chi connectivity index (χ4v) is 2.18. The number of hydrogen-bond acceptors (Lipinski definition) is 3. The molecule has 0 amide bonds. The molecule has 0 unspecified atom stereocenters. The van der Waals surface area contributed by atoms with Gasteiger partial charge < -0.3 is 5.11 Å². The van der Waals surface area contributed by atoms with Gasteiger partial charge in [0.25, 0.3) is 0 Å². The van der Waals surface area contributed by atoms with Crippen LogP contribution < -0.4 is 0 Å². The molecule has 112 valence electrons. The summed E-state index contributed by atoms with van der Waals surface area (Å²) in [5, 5.41) is 13.5. The van der Waals surface area contributed by atoms with E-state index in [-0.39, 0.29) is 12.0 Å². The van der Waals surface area contributed by atoms with E-state index in [0.717, 1.165) is 12.3 Å². The third-order valence-corrected chi connectivity index (χ3v) is 3.38. The van der Waals surface area contributed by atoms with E-state index in [2.05, 4.69) is 15.0 Å². The van der Waals surface area contributed by atoms with Gasteiger partial charge in [0.1, 0.15) is 5.82 Å². The van der Waals surface area contributed by atoms with E-state index in [1.54, 1.807) is 24.3 Å². The van der Waals surface area contributed by atoms with Gasteiger partial charge in [0.2, 0.25) is 0 Å². The SMILES string of the molecule is [N-]=[N+]=N[C@](Cc1ccc(Cl)cc1)(C(=O)O)c1cncc(F)c1. The average molecular weight is 321 g/mol. The second-order valence-corrected chi connectivity index (χ2v) is 4.99. The lowest BCUT2D eigenvalue weighted by molar-refractivity contribution is -0.143. The van der Waals surface area contributed by atoms with Crippen molar-refractivity contribution in [3.05, 3.63) is 75.1 Å². The van der Waals surface area contributed by atoms with E-state index in [0.29, 0.717) is 10.6 Å². The van der Waals surface area contributed by atoms with Crippen LogP contribution in [0.3, 0.4) is 0 Å². The Balaban J connectivity index is 2.56. The van der Waals surface area contributed by atoms with E-state index in [4.69, 9.17) is 17.1 Å². The molecule has 22 heavy (non-hydrogen) atoms. The highest BCUT2D eigenvalue weighted by Gasteiger charge is 2.40. The largest absolute Gasteiger partial charge is 0.480 e. The normalized spacial score (nSPS) is 13.0. The Hall–Kier alpha value is -2.63. The van der Waals surface area contributed by atoms with Gasteiger partial charge in [-0.2, -0.15) is 0 Å². The van der Waals surface area contributed by atoms with Gasteiger partial charge in [-0.25, -0.2) is 4.39 Å². The van der Waals surface area contributed by atoms with Crippen LogP contribution in [-0.2, 0) is 16.8 Å². The summed E-state index contributed by atoms with van der Waals surface area (Å²) in [6.07, 6.45) is 1.95. The second-order valence-electron chi connectivity index (χ2n) is 4.55. The number of aromatic nitrogens is 1. The lowest BCUT2D eigenvalue weighted by Crippen LogP contribution is -2.36. The number of carboxylic acids is 1. The van der Waals surface area contributed by atoms with Crippen LogP contribution in [0.4, 0.5) is 4.39 Å². The van der Waals surface area contributed by atoms with Gasteiger partial charge in [-0.15, -0.1) is 0 Å². The number of rotatable bonds is 5. The van der Waals surface area contributed by atoms with Crippen LogP contribution in [0.15, 0.2) is 47.8 Å². The predicted octanol–water partition coefficient (Wildman–Crippen LogP) is 3.71. The first-order valence-corrected chi connectivity index (χ1v) is 6.51. The molecule has 0 fully saturated rings. The van der Waals surface area contributed by atoms with Crippen LogP contribution >= 0.6 is 11.6 Å². The molecular formula is C14H10ClFN4O2. The van der Waals surface area contributed by atoms with Crippen molar-refractivity contribution >= 4 is 17.6 Å². The Kier molecular flexibility index (Phi) is 4.60. The summed E-state index contributed by atoms with van der Waals surface area (Å²) >= 11 is 5.79. The molecule has 0 saturated carbocycles. The van der Waals surface area contributed by atoms with Crippen LogP contribution in [-0.4, -0.2) is 16.1 Å². The Morgan fingerprint density at radius 1 is 1.41 bits per heavy atom. The van der Waals surface area contributed by atoms with Crippen LogP contribution in [0.25, 0.3) is 10.4 Å². The minimum absolute atomic E-state index is 0.0345. The van der Waals surface area contributed by atoms with Gasteiger partial charge in [0, 0.05) is 16.1 Å². The molecule has 0 aliphatic rings. The quantitative estimate of drug-likeness (QED) is 0.516. The summed E-state index contributed by atoms with van der Waals surface area (Å²) in [7, 11) is 0. The first kappa shape index (κ1) is 15.8. The number of carbonyl (C=O) groups is 1. The number of aliphatic carboxylic acids is 1. The van der Waals surface area contributed by atoms with Crippen LogP contribution in [0.5, 0.6) is 0 Å². The number of benzene rings is 1. The third kappa shape index (κ3) is 3.16. The number of nitrogens with zero attached hydrogens (tertiary/aromatic N) is 4. The van der Waals surface area contributed by atoms with Crippen LogP contribution in [0.1, 0.15) is 11.1 Å². The highest BCUT2D eigenvalue weighted by molar-refractivity contribution is 6.30. The molecule has 0 radical (unpaired) electrons. The summed E-state index contributed by atoms with van der Waals surface area (Å²) in [5.74, 6) is -2.11. The zero-order valence-electron chi connectivity index (χ0n) is 11.1. The van der Waals surface area contributed by atoms with Gasteiger partial charge in [0.15, 0.2) is 5.54 Å². The molecule has 0 aliphatic heterocycles. The Morgan fingerprint density at radius 3 is 2.64 bits per heavy atom. The van der Waals surface area contributed by atoms with Gasteiger partial charge in [-0.1, -0.05) is 28.8 Å². The molecule has 1 aromatic heterocycles. The predicted molar refractivity (Wildman–Crippen MR) is 77.8 cm³/mol. The molecule has 1 N–H and O–H groups in total. The van der Waals surface area contributed by atoms with E-state index in [9.17, 15) is 14.3 Å². The number of pyridine rings is 1. The van der Waals surface area contributed by atoms with Crippen molar-refractivity contribution in [2.24, 2.45) is 5.11 Å². The summed E-state index contributed by atoms with van der Waals surface area (Å²) in [5.41, 5.74) is 7.31. The zero-order chi connectivity index (χ0) is 16.2. The maximum Gasteiger partial charge on any atom is 0.320 e. The molecule has 0 aliphatic carbocycles. The molecule has 8 heteroatoms. The van der Waals surface area contributed by atoms with E-state index in [1.165, 1.54) is 6.20 Å². The fraction of sp³-hybridized carbons (Fsp3) is 0.143. The van der Waals surface area contributed by atoms with Gasteiger partial charge >= 0.3 is 5.97 Å². The molecule has 6 nitrogen and oxygen atoms in total. The minimum Gasteiger partial charge on any atom is -0.480 e. The van der Waals surface area contributed by atoms with E-state index >= 15 is 0 Å². The first-order chi connectivity index (χ1) is 10.5. The molecule has 0 bridgehead atoms. The van der Waals surface area contributed by atoms with E-state index < -0.39 is 17.3 Å². The molecule has 2 aromatic rings. The number of carboxylic acid groups (broad SMARTS) is 1. The fourth-order valence-electron chi connectivity index (χ4n) is 2.05. The maximum atomic E-state index is 13.4.